The van der Waals surface area contributed by atoms with Crippen LogP contribution in [-0.2, 0) is 9.53 Å². The van der Waals surface area contributed by atoms with Crippen LogP contribution < -0.4 is 15.5 Å². The lowest BCUT2D eigenvalue weighted by Gasteiger charge is -2.23. The highest BCUT2D eigenvalue weighted by molar-refractivity contribution is 6.04. The van der Waals surface area contributed by atoms with E-state index in [0.717, 1.165) is 16.9 Å². The zero-order chi connectivity index (χ0) is 14.9. The average molecular weight is 279 g/mol. The van der Waals surface area contributed by atoms with Crippen LogP contribution in [0, 0.1) is 0 Å². The topological polar surface area (TPSA) is 79.0 Å². The molecule has 1 aromatic carbocycles. The number of nitrogens with two attached hydrogens (primary N) is 1. The Morgan fingerprint density at radius 2 is 2.25 bits per heavy atom. The minimum Gasteiger partial charge on any atom is -0.389 e. The van der Waals surface area contributed by atoms with Crippen molar-refractivity contribution in [1.29, 1.82) is 0 Å². The summed E-state index contributed by atoms with van der Waals surface area (Å²) in [5.41, 5.74) is 8.46. The Morgan fingerprint density at radius 3 is 2.90 bits per heavy atom. The third-order valence-electron chi connectivity index (χ3n) is 3.59. The minimum atomic E-state index is -0.576. The van der Waals surface area contributed by atoms with Gasteiger partial charge in [0.1, 0.15) is 6.04 Å². The van der Waals surface area contributed by atoms with Gasteiger partial charge in [0.15, 0.2) is 0 Å². The van der Waals surface area contributed by atoms with Gasteiger partial charge in [0.05, 0.1) is 18.4 Å². The normalized spacial score (nSPS) is 19.1. The van der Waals surface area contributed by atoms with Crippen LogP contribution in [0.2, 0.25) is 0 Å². The number of nitrogens with zero attached hydrogens (tertiary/aromatic N) is 2. The number of aliphatic hydroxyl groups excluding tert-OH is 1. The van der Waals surface area contributed by atoms with Crippen LogP contribution in [0.15, 0.2) is 18.2 Å². The maximum absolute atomic E-state index is 11.8. The van der Waals surface area contributed by atoms with Gasteiger partial charge in [-0.05, 0) is 12.1 Å². The Bertz CT molecular complexity index is 506. The highest BCUT2D eigenvalue weighted by Crippen LogP contribution is 2.36. The number of carbonyl (C=O) groups excluding carboxylic acids is 1. The van der Waals surface area contributed by atoms with Crippen LogP contribution in [0.4, 0.5) is 11.4 Å². The van der Waals surface area contributed by atoms with Gasteiger partial charge >= 0.3 is 0 Å². The van der Waals surface area contributed by atoms with Gasteiger partial charge in [-0.25, -0.2) is 0 Å². The van der Waals surface area contributed by atoms with E-state index in [4.69, 9.17) is 10.5 Å². The number of benzene rings is 1. The summed E-state index contributed by atoms with van der Waals surface area (Å²) in [4.78, 5) is 15.3. The molecule has 0 radical (unpaired) electrons. The van der Waals surface area contributed by atoms with Crippen molar-refractivity contribution in [3.05, 3.63) is 23.8 Å². The molecule has 0 aromatic heterocycles. The van der Waals surface area contributed by atoms with E-state index in [2.05, 4.69) is 0 Å². The molecule has 3 N–H and O–H groups in total. The molecule has 1 aromatic rings. The van der Waals surface area contributed by atoms with Crippen LogP contribution in [0.25, 0.3) is 0 Å². The number of hydrogen-bond donors (Lipinski definition) is 2. The largest absolute Gasteiger partial charge is 0.389 e. The van der Waals surface area contributed by atoms with Crippen molar-refractivity contribution in [3.8, 4) is 0 Å². The molecule has 0 fully saturated rings. The van der Waals surface area contributed by atoms with Gasteiger partial charge in [0.2, 0.25) is 5.91 Å². The minimum absolute atomic E-state index is 0.0979. The van der Waals surface area contributed by atoms with Gasteiger partial charge in [-0.3, -0.25) is 4.79 Å². The first-order chi connectivity index (χ1) is 9.45. The third kappa shape index (κ3) is 2.63. The van der Waals surface area contributed by atoms with E-state index >= 15 is 0 Å². The van der Waals surface area contributed by atoms with E-state index in [-0.39, 0.29) is 5.91 Å². The van der Waals surface area contributed by atoms with Gasteiger partial charge in [-0.1, -0.05) is 6.07 Å². The Morgan fingerprint density at radius 1 is 1.55 bits per heavy atom. The van der Waals surface area contributed by atoms with Gasteiger partial charge < -0.3 is 25.4 Å². The molecule has 2 rings (SSSR count). The molecule has 0 aliphatic carbocycles. The number of hydrogen-bond acceptors (Lipinski definition) is 5. The van der Waals surface area contributed by atoms with Crippen molar-refractivity contribution in [2.45, 2.75) is 12.1 Å². The summed E-state index contributed by atoms with van der Waals surface area (Å²) in [5, 5.41) is 9.76. The van der Waals surface area contributed by atoms with E-state index in [1.54, 1.807) is 19.1 Å². The molecule has 1 heterocycles. The van der Waals surface area contributed by atoms with E-state index in [9.17, 15) is 9.90 Å². The fourth-order valence-corrected chi connectivity index (χ4v) is 2.45. The number of amides is 1. The maximum Gasteiger partial charge on any atom is 0.248 e. The lowest BCUT2D eigenvalue weighted by molar-refractivity contribution is -0.118. The second kappa shape index (κ2) is 5.78. The van der Waals surface area contributed by atoms with E-state index in [1.807, 2.05) is 30.1 Å². The average Bonchev–Trinajstić information content (AvgIpc) is 2.64. The lowest BCUT2D eigenvalue weighted by Crippen LogP contribution is -2.32. The molecule has 1 amide bonds. The van der Waals surface area contributed by atoms with E-state index in [1.165, 1.54) is 0 Å². The molecule has 1 aliphatic heterocycles. The van der Waals surface area contributed by atoms with Crippen molar-refractivity contribution in [3.63, 3.8) is 0 Å². The van der Waals surface area contributed by atoms with E-state index in [0.29, 0.717) is 13.2 Å². The SMILES string of the molecule is COCC(O)CN(C)c1ccc2c(c1)N(C)C(=O)C2N. The second-order valence-corrected chi connectivity index (χ2v) is 5.11. The van der Waals surface area contributed by atoms with Crippen molar-refractivity contribution >= 4 is 17.3 Å². The van der Waals surface area contributed by atoms with Gasteiger partial charge in [-0.2, -0.15) is 0 Å². The number of carbonyl (C=O) groups is 1. The monoisotopic (exact) mass is 279 g/mol. The van der Waals surface area contributed by atoms with Crippen molar-refractivity contribution < 1.29 is 14.6 Å². The molecule has 20 heavy (non-hydrogen) atoms. The Kier molecular flexibility index (Phi) is 4.27. The zero-order valence-corrected chi connectivity index (χ0v) is 12.0. The molecular weight excluding hydrogens is 258 g/mol. The standard InChI is InChI=1S/C14H21N3O3/c1-16(7-10(18)8-20-3)9-4-5-11-12(6-9)17(2)14(19)13(11)15/h4-6,10,13,18H,7-8,15H2,1-3H3. The Hall–Kier alpha value is -1.63. The summed E-state index contributed by atoms with van der Waals surface area (Å²) in [6, 6.07) is 5.12. The molecular formula is C14H21N3O3. The second-order valence-electron chi connectivity index (χ2n) is 5.11. The molecule has 2 unspecified atom stereocenters. The summed E-state index contributed by atoms with van der Waals surface area (Å²) < 4.78 is 4.91. The molecule has 110 valence electrons. The molecule has 0 saturated heterocycles. The van der Waals surface area contributed by atoms with Crippen LogP contribution >= 0.6 is 0 Å². The number of likely N-dealkylation sites (N-methyl/N-ethyl adjacent to an activating group) is 2. The quantitative estimate of drug-likeness (QED) is 0.799. The van der Waals surface area contributed by atoms with Gasteiger partial charge in [0.25, 0.3) is 0 Å². The highest BCUT2D eigenvalue weighted by atomic mass is 16.5. The molecule has 2 atom stereocenters. The summed E-state index contributed by atoms with van der Waals surface area (Å²) in [6.45, 7) is 0.745. The number of methoxy groups -OCH3 is 1. The summed E-state index contributed by atoms with van der Waals surface area (Å²) in [7, 11) is 5.16. The van der Waals surface area contributed by atoms with E-state index < -0.39 is 12.1 Å². The Labute approximate surface area is 118 Å². The Balaban J connectivity index is 2.18. The predicted molar refractivity (Wildman–Crippen MR) is 77.9 cm³/mol. The molecule has 1 aliphatic rings. The number of aliphatic hydroxyl groups is 1. The highest BCUT2D eigenvalue weighted by Gasteiger charge is 2.32. The fraction of sp³-hybridized carbons (Fsp3) is 0.500. The lowest BCUT2D eigenvalue weighted by atomic mass is 10.1. The van der Waals surface area contributed by atoms with Crippen LogP contribution in [-0.4, -0.2) is 51.5 Å². The van der Waals surface area contributed by atoms with Gasteiger partial charge in [0, 0.05) is 39.0 Å². The number of anilines is 2. The summed E-state index contributed by atoms with van der Waals surface area (Å²) in [6.07, 6.45) is -0.556. The molecule has 6 nitrogen and oxygen atoms in total. The summed E-state index contributed by atoms with van der Waals surface area (Å²) in [5.74, 6) is -0.0979. The van der Waals surface area contributed by atoms with Crippen molar-refractivity contribution in [2.75, 3.05) is 44.2 Å². The smallest absolute Gasteiger partial charge is 0.248 e. The number of rotatable bonds is 5. The first-order valence-corrected chi connectivity index (χ1v) is 6.51. The van der Waals surface area contributed by atoms with Crippen LogP contribution in [0.3, 0.4) is 0 Å². The molecule has 0 spiro atoms. The molecule has 0 bridgehead atoms. The van der Waals surface area contributed by atoms with Gasteiger partial charge in [-0.15, -0.1) is 0 Å². The van der Waals surface area contributed by atoms with Crippen LogP contribution in [0.5, 0.6) is 0 Å². The number of fused-ring (bicyclic) bond motifs is 1. The number of ether oxygens (including phenoxy) is 1. The van der Waals surface area contributed by atoms with Crippen LogP contribution in [0.1, 0.15) is 11.6 Å². The summed E-state index contributed by atoms with van der Waals surface area (Å²) >= 11 is 0. The maximum atomic E-state index is 11.8. The third-order valence-corrected chi connectivity index (χ3v) is 3.59. The first-order valence-electron chi connectivity index (χ1n) is 6.51. The van der Waals surface area contributed by atoms with Crippen molar-refractivity contribution in [2.24, 2.45) is 5.73 Å². The molecule has 6 heteroatoms. The predicted octanol–water partition coefficient (Wildman–Crippen LogP) is 0.106. The van der Waals surface area contributed by atoms with Crippen molar-refractivity contribution in [1.82, 2.24) is 0 Å². The first kappa shape index (κ1) is 14.8. The fourth-order valence-electron chi connectivity index (χ4n) is 2.45. The molecule has 0 saturated carbocycles. The zero-order valence-electron chi connectivity index (χ0n) is 12.0.